The SMILES string of the molecule is COc1c(N2CCC(C)(C(F)(F)F)C2C(N)=O)ccc(F)c1F. The normalized spacial score (nSPS) is 24.8. The number of benzene rings is 1. The van der Waals surface area contributed by atoms with E-state index >= 15 is 0 Å². The third-order valence-electron chi connectivity index (χ3n) is 4.25. The highest BCUT2D eigenvalue weighted by Gasteiger charge is 2.62. The van der Waals surface area contributed by atoms with Crippen molar-refractivity contribution in [1.29, 1.82) is 0 Å². The van der Waals surface area contributed by atoms with Crippen LogP contribution in [0.4, 0.5) is 27.6 Å². The summed E-state index contributed by atoms with van der Waals surface area (Å²) < 4.78 is 72.0. The summed E-state index contributed by atoms with van der Waals surface area (Å²) in [7, 11) is 1.06. The Morgan fingerprint density at radius 3 is 2.48 bits per heavy atom. The van der Waals surface area contributed by atoms with E-state index in [0.717, 1.165) is 31.1 Å². The summed E-state index contributed by atoms with van der Waals surface area (Å²) in [6.07, 6.45) is -5.10. The van der Waals surface area contributed by atoms with Crippen molar-refractivity contribution < 1.29 is 31.5 Å². The first-order valence-corrected chi connectivity index (χ1v) is 6.69. The summed E-state index contributed by atoms with van der Waals surface area (Å²) in [5.74, 6) is -4.32. The smallest absolute Gasteiger partial charge is 0.396 e. The highest BCUT2D eigenvalue weighted by atomic mass is 19.4. The van der Waals surface area contributed by atoms with E-state index in [2.05, 4.69) is 0 Å². The minimum atomic E-state index is -4.69. The van der Waals surface area contributed by atoms with Crippen LogP contribution in [0.25, 0.3) is 0 Å². The van der Waals surface area contributed by atoms with E-state index in [1.807, 2.05) is 0 Å². The lowest BCUT2D eigenvalue weighted by molar-refractivity contribution is -0.219. The van der Waals surface area contributed by atoms with Crippen LogP contribution in [0.15, 0.2) is 12.1 Å². The fourth-order valence-electron chi connectivity index (χ4n) is 2.93. The van der Waals surface area contributed by atoms with Crippen molar-refractivity contribution in [3.8, 4) is 5.75 Å². The number of halogens is 5. The Hall–Kier alpha value is -2.06. The van der Waals surface area contributed by atoms with E-state index in [-0.39, 0.29) is 12.2 Å². The number of methoxy groups -OCH3 is 1. The third-order valence-corrected chi connectivity index (χ3v) is 4.25. The molecule has 4 nitrogen and oxygen atoms in total. The number of hydrogen-bond donors (Lipinski definition) is 1. The van der Waals surface area contributed by atoms with Crippen molar-refractivity contribution >= 4 is 11.6 Å². The maximum Gasteiger partial charge on any atom is 0.396 e. The molecule has 0 radical (unpaired) electrons. The first-order valence-electron chi connectivity index (χ1n) is 6.69. The van der Waals surface area contributed by atoms with E-state index in [9.17, 15) is 26.7 Å². The van der Waals surface area contributed by atoms with E-state index < -0.39 is 47.3 Å². The predicted octanol–water partition coefficient (Wildman–Crippen LogP) is 2.61. The fourth-order valence-corrected chi connectivity index (χ4v) is 2.93. The average Bonchev–Trinajstić information content (AvgIpc) is 2.80. The van der Waals surface area contributed by atoms with Crippen LogP contribution in [0.2, 0.25) is 0 Å². The fraction of sp³-hybridized carbons (Fsp3) is 0.500. The molecule has 0 saturated carbocycles. The van der Waals surface area contributed by atoms with Gasteiger partial charge in [0.1, 0.15) is 6.04 Å². The van der Waals surface area contributed by atoms with Gasteiger partial charge in [-0.15, -0.1) is 0 Å². The number of carbonyl (C=O) groups excluding carboxylic acids is 1. The molecule has 2 unspecified atom stereocenters. The Kier molecular flexibility index (Phi) is 4.16. The molecule has 9 heteroatoms. The summed E-state index contributed by atoms with van der Waals surface area (Å²) in [6, 6.07) is 0.0744. The second-order valence-corrected chi connectivity index (χ2v) is 5.58. The second-order valence-electron chi connectivity index (χ2n) is 5.58. The minimum Gasteiger partial charge on any atom is -0.491 e. The highest BCUT2D eigenvalue weighted by Crippen LogP contribution is 2.51. The van der Waals surface area contributed by atoms with Gasteiger partial charge in [0.2, 0.25) is 11.7 Å². The topological polar surface area (TPSA) is 55.6 Å². The van der Waals surface area contributed by atoms with Gasteiger partial charge < -0.3 is 15.4 Å². The number of rotatable bonds is 3. The Labute approximate surface area is 129 Å². The molecule has 1 aromatic rings. The summed E-state index contributed by atoms with van der Waals surface area (Å²) >= 11 is 0. The zero-order valence-electron chi connectivity index (χ0n) is 12.4. The van der Waals surface area contributed by atoms with E-state index in [4.69, 9.17) is 10.5 Å². The number of anilines is 1. The Morgan fingerprint density at radius 2 is 2.00 bits per heavy atom. The number of ether oxygens (including phenoxy) is 1. The number of amides is 1. The van der Waals surface area contributed by atoms with Crippen LogP contribution in [-0.4, -0.2) is 31.8 Å². The molecule has 2 rings (SSSR count). The molecule has 0 aliphatic carbocycles. The van der Waals surface area contributed by atoms with Crippen LogP contribution >= 0.6 is 0 Å². The van der Waals surface area contributed by atoms with Gasteiger partial charge in [-0.05, 0) is 25.5 Å². The van der Waals surface area contributed by atoms with E-state index in [1.165, 1.54) is 0 Å². The highest BCUT2D eigenvalue weighted by molar-refractivity contribution is 5.86. The van der Waals surface area contributed by atoms with Gasteiger partial charge in [0.05, 0.1) is 18.2 Å². The molecular weight excluding hydrogens is 323 g/mol. The van der Waals surface area contributed by atoms with Crippen LogP contribution in [0.1, 0.15) is 13.3 Å². The quantitative estimate of drug-likeness (QED) is 0.862. The number of alkyl halides is 3. The maximum atomic E-state index is 13.8. The first kappa shape index (κ1) is 17.3. The molecule has 1 amide bonds. The molecule has 1 aliphatic heterocycles. The molecule has 1 aliphatic rings. The molecule has 1 heterocycles. The number of hydrogen-bond acceptors (Lipinski definition) is 3. The van der Waals surface area contributed by atoms with Crippen molar-refractivity contribution in [2.75, 3.05) is 18.6 Å². The molecule has 1 fully saturated rings. The van der Waals surface area contributed by atoms with E-state index in [0.29, 0.717) is 0 Å². The van der Waals surface area contributed by atoms with Crippen molar-refractivity contribution in [3.05, 3.63) is 23.8 Å². The van der Waals surface area contributed by atoms with Gasteiger partial charge in [-0.3, -0.25) is 4.79 Å². The molecule has 23 heavy (non-hydrogen) atoms. The van der Waals surface area contributed by atoms with Crippen LogP contribution in [0, 0.1) is 17.0 Å². The van der Waals surface area contributed by atoms with Crippen molar-refractivity contribution in [1.82, 2.24) is 0 Å². The van der Waals surface area contributed by atoms with Crippen molar-refractivity contribution in [3.63, 3.8) is 0 Å². The number of nitrogens with zero attached hydrogens (tertiary/aromatic N) is 1. The van der Waals surface area contributed by atoms with Crippen LogP contribution in [0.3, 0.4) is 0 Å². The predicted molar refractivity (Wildman–Crippen MR) is 72.0 cm³/mol. The zero-order valence-corrected chi connectivity index (χ0v) is 12.4. The van der Waals surface area contributed by atoms with Gasteiger partial charge in [-0.2, -0.15) is 17.6 Å². The summed E-state index contributed by atoms with van der Waals surface area (Å²) in [5, 5.41) is 0. The third kappa shape index (κ3) is 2.57. The van der Waals surface area contributed by atoms with Crippen LogP contribution < -0.4 is 15.4 Å². The van der Waals surface area contributed by atoms with Crippen molar-refractivity contribution in [2.24, 2.45) is 11.1 Å². The summed E-state index contributed by atoms with van der Waals surface area (Å²) in [4.78, 5) is 12.7. The molecule has 0 spiro atoms. The lowest BCUT2D eigenvalue weighted by Crippen LogP contribution is -2.54. The van der Waals surface area contributed by atoms with Gasteiger partial charge in [0.15, 0.2) is 11.6 Å². The van der Waals surface area contributed by atoms with Crippen LogP contribution in [-0.2, 0) is 4.79 Å². The molecule has 128 valence electrons. The summed E-state index contributed by atoms with van der Waals surface area (Å²) in [5.41, 5.74) is 2.62. The zero-order chi connectivity index (χ0) is 17.6. The molecule has 1 saturated heterocycles. The van der Waals surface area contributed by atoms with E-state index in [1.54, 1.807) is 0 Å². The molecule has 0 aromatic heterocycles. The molecule has 1 aromatic carbocycles. The Morgan fingerprint density at radius 1 is 1.39 bits per heavy atom. The molecule has 2 N–H and O–H groups in total. The lowest BCUT2D eigenvalue weighted by atomic mass is 9.81. The van der Waals surface area contributed by atoms with Gasteiger partial charge in [0.25, 0.3) is 0 Å². The number of nitrogens with two attached hydrogens (primary N) is 1. The first-order chi connectivity index (χ1) is 10.5. The van der Waals surface area contributed by atoms with Gasteiger partial charge in [-0.25, -0.2) is 4.39 Å². The Balaban J connectivity index is 2.57. The average molecular weight is 338 g/mol. The van der Waals surface area contributed by atoms with Crippen LogP contribution in [0.5, 0.6) is 5.75 Å². The monoisotopic (exact) mass is 338 g/mol. The summed E-state index contributed by atoms with van der Waals surface area (Å²) in [6.45, 7) is 0.680. The lowest BCUT2D eigenvalue weighted by Gasteiger charge is -2.35. The molecule has 0 bridgehead atoms. The Bertz CT molecular complexity index is 634. The largest absolute Gasteiger partial charge is 0.491 e. The van der Waals surface area contributed by atoms with Gasteiger partial charge in [0, 0.05) is 6.54 Å². The molecular formula is C14H15F5N2O2. The standard InChI is InChI=1S/C14H15F5N2O2/c1-13(14(17,18)19)5-6-21(11(13)12(20)22)8-4-3-7(15)9(16)10(8)23-2/h3-4,11H,5-6H2,1-2H3,(H2,20,22). The van der Waals surface area contributed by atoms with Gasteiger partial charge in [-0.1, -0.05) is 0 Å². The molecule has 2 atom stereocenters. The maximum absolute atomic E-state index is 13.8. The second kappa shape index (κ2) is 5.54. The van der Waals surface area contributed by atoms with Gasteiger partial charge >= 0.3 is 6.18 Å². The minimum absolute atomic E-state index is 0.150. The van der Waals surface area contributed by atoms with Crippen molar-refractivity contribution in [2.45, 2.75) is 25.6 Å². The number of primary amides is 1. The number of carbonyl (C=O) groups is 1.